The SMILES string of the molecule is Cc1ccc(SC(CCCCCCN2CCc3ccccc3C2)c2ccc(F)cc2)cc1. The van der Waals surface area contributed by atoms with Gasteiger partial charge in [-0.1, -0.05) is 73.4 Å². The Labute approximate surface area is 197 Å². The second-order valence-corrected chi connectivity index (χ2v) is 10.2. The van der Waals surface area contributed by atoms with Gasteiger partial charge in [-0.15, -0.1) is 11.8 Å². The Morgan fingerprint density at radius 2 is 1.56 bits per heavy atom. The minimum atomic E-state index is -0.159. The van der Waals surface area contributed by atoms with Crippen molar-refractivity contribution in [2.24, 2.45) is 0 Å². The number of halogens is 1. The molecule has 0 aliphatic carbocycles. The first-order valence-corrected chi connectivity index (χ1v) is 12.8. The Bertz CT molecular complexity index is 967. The topological polar surface area (TPSA) is 3.24 Å². The molecule has 0 spiro atoms. The predicted molar refractivity (Wildman–Crippen MR) is 135 cm³/mol. The van der Waals surface area contributed by atoms with E-state index in [1.165, 1.54) is 72.3 Å². The maximum absolute atomic E-state index is 13.4. The summed E-state index contributed by atoms with van der Waals surface area (Å²) in [5, 5.41) is 0.372. The molecule has 32 heavy (non-hydrogen) atoms. The van der Waals surface area contributed by atoms with E-state index in [0.29, 0.717) is 5.25 Å². The number of fused-ring (bicyclic) bond motifs is 1. The van der Waals surface area contributed by atoms with Gasteiger partial charge in [0.25, 0.3) is 0 Å². The Kier molecular flexibility index (Phi) is 8.42. The lowest BCUT2D eigenvalue weighted by Gasteiger charge is -2.28. The molecule has 4 rings (SSSR count). The molecule has 3 aromatic rings. The molecule has 0 saturated heterocycles. The molecule has 0 bridgehead atoms. The third-order valence-corrected chi connectivity index (χ3v) is 7.78. The van der Waals surface area contributed by atoms with Crippen LogP contribution in [0.3, 0.4) is 0 Å². The van der Waals surface area contributed by atoms with Crippen LogP contribution in [0.15, 0.2) is 77.7 Å². The minimum absolute atomic E-state index is 0.159. The van der Waals surface area contributed by atoms with Gasteiger partial charge in [0.2, 0.25) is 0 Å². The van der Waals surface area contributed by atoms with Gasteiger partial charge in [-0.2, -0.15) is 0 Å². The molecule has 3 heteroatoms. The van der Waals surface area contributed by atoms with Crippen molar-refractivity contribution >= 4 is 11.8 Å². The van der Waals surface area contributed by atoms with Crippen molar-refractivity contribution in [3.8, 4) is 0 Å². The molecule has 168 valence electrons. The van der Waals surface area contributed by atoms with E-state index in [1.54, 1.807) is 12.1 Å². The van der Waals surface area contributed by atoms with E-state index in [-0.39, 0.29) is 5.82 Å². The van der Waals surface area contributed by atoms with Crippen molar-refractivity contribution in [1.82, 2.24) is 4.90 Å². The fourth-order valence-corrected chi connectivity index (χ4v) is 5.72. The highest BCUT2D eigenvalue weighted by molar-refractivity contribution is 7.99. The number of aryl methyl sites for hydroxylation is 1. The number of unbranched alkanes of at least 4 members (excludes halogenated alkanes) is 3. The zero-order valence-electron chi connectivity index (χ0n) is 19.1. The molecule has 1 atom stereocenters. The zero-order valence-corrected chi connectivity index (χ0v) is 19.9. The standard InChI is InChI=1S/C29H34FNS/c1-23-11-17-28(18-12-23)32-29(25-13-15-27(30)16-14-25)10-4-2-3-7-20-31-21-19-24-8-5-6-9-26(24)22-31/h5-6,8-9,11-18,29H,2-4,7,10,19-22H2,1H3. The Hall–Kier alpha value is -2.10. The summed E-state index contributed by atoms with van der Waals surface area (Å²) in [5.41, 5.74) is 5.55. The van der Waals surface area contributed by atoms with E-state index in [0.717, 1.165) is 13.0 Å². The number of rotatable bonds is 10. The van der Waals surface area contributed by atoms with Crippen molar-refractivity contribution in [1.29, 1.82) is 0 Å². The average Bonchev–Trinajstić information content (AvgIpc) is 2.82. The second-order valence-electron chi connectivity index (χ2n) is 8.97. The minimum Gasteiger partial charge on any atom is -0.299 e. The lowest BCUT2D eigenvalue weighted by molar-refractivity contribution is 0.248. The second kappa shape index (κ2) is 11.7. The number of benzene rings is 3. The molecule has 1 unspecified atom stereocenters. The summed E-state index contributed by atoms with van der Waals surface area (Å²) in [6.07, 6.45) is 7.34. The quantitative estimate of drug-likeness (QED) is 0.229. The van der Waals surface area contributed by atoms with Crippen LogP contribution in [0, 0.1) is 12.7 Å². The summed E-state index contributed by atoms with van der Waals surface area (Å²) in [5.74, 6) is -0.159. The summed E-state index contributed by atoms with van der Waals surface area (Å²) >= 11 is 1.91. The van der Waals surface area contributed by atoms with Gasteiger partial charge in [0.05, 0.1) is 0 Å². The van der Waals surface area contributed by atoms with Gasteiger partial charge in [-0.25, -0.2) is 4.39 Å². The Balaban J connectivity index is 1.22. The van der Waals surface area contributed by atoms with Gasteiger partial charge in [0, 0.05) is 23.2 Å². The molecule has 1 aliphatic rings. The summed E-state index contributed by atoms with van der Waals surface area (Å²) in [7, 11) is 0. The first kappa shape index (κ1) is 23.1. The van der Waals surface area contributed by atoms with Crippen LogP contribution in [0.5, 0.6) is 0 Å². The number of hydrogen-bond acceptors (Lipinski definition) is 2. The Morgan fingerprint density at radius 3 is 2.34 bits per heavy atom. The summed E-state index contributed by atoms with van der Waals surface area (Å²) in [6, 6.07) is 24.7. The van der Waals surface area contributed by atoms with E-state index in [1.807, 2.05) is 23.9 Å². The van der Waals surface area contributed by atoms with E-state index >= 15 is 0 Å². The van der Waals surface area contributed by atoms with E-state index in [9.17, 15) is 4.39 Å². The summed E-state index contributed by atoms with van der Waals surface area (Å²) in [6.45, 7) is 5.62. The van der Waals surface area contributed by atoms with Crippen LogP contribution >= 0.6 is 11.8 Å². The number of hydrogen-bond donors (Lipinski definition) is 0. The molecule has 1 nitrogen and oxygen atoms in total. The van der Waals surface area contributed by atoms with Crippen LogP contribution in [0.2, 0.25) is 0 Å². The molecule has 0 aromatic heterocycles. The average molecular weight is 448 g/mol. The molecule has 0 fully saturated rings. The maximum Gasteiger partial charge on any atom is 0.123 e. The first-order chi connectivity index (χ1) is 15.7. The van der Waals surface area contributed by atoms with Crippen LogP contribution in [0.25, 0.3) is 0 Å². The summed E-state index contributed by atoms with van der Waals surface area (Å²) in [4.78, 5) is 3.90. The van der Waals surface area contributed by atoms with Crippen molar-refractivity contribution in [2.45, 2.75) is 62.1 Å². The zero-order chi connectivity index (χ0) is 22.2. The van der Waals surface area contributed by atoms with Gasteiger partial charge >= 0.3 is 0 Å². The van der Waals surface area contributed by atoms with Crippen LogP contribution in [0.1, 0.15) is 59.6 Å². The van der Waals surface area contributed by atoms with Gasteiger partial charge < -0.3 is 0 Å². The van der Waals surface area contributed by atoms with E-state index < -0.39 is 0 Å². The molecule has 1 aliphatic heterocycles. The van der Waals surface area contributed by atoms with E-state index in [4.69, 9.17) is 0 Å². The molecule has 0 amide bonds. The van der Waals surface area contributed by atoms with Crippen LogP contribution in [-0.4, -0.2) is 18.0 Å². The lowest BCUT2D eigenvalue weighted by atomic mass is 9.99. The third-order valence-electron chi connectivity index (χ3n) is 6.44. The molecule has 0 saturated carbocycles. The van der Waals surface area contributed by atoms with Crippen LogP contribution in [0.4, 0.5) is 4.39 Å². The number of thioether (sulfide) groups is 1. The van der Waals surface area contributed by atoms with Gasteiger partial charge in [0.1, 0.15) is 5.82 Å². The monoisotopic (exact) mass is 447 g/mol. The molecule has 3 aromatic carbocycles. The van der Waals surface area contributed by atoms with E-state index in [2.05, 4.69) is 60.4 Å². The van der Waals surface area contributed by atoms with Crippen molar-refractivity contribution < 1.29 is 4.39 Å². The van der Waals surface area contributed by atoms with Gasteiger partial charge in [-0.05, 0) is 73.7 Å². The molecule has 1 heterocycles. The predicted octanol–water partition coefficient (Wildman–Crippen LogP) is 7.98. The van der Waals surface area contributed by atoms with Gasteiger partial charge in [0.15, 0.2) is 0 Å². The highest BCUT2D eigenvalue weighted by Crippen LogP contribution is 2.39. The Morgan fingerprint density at radius 1 is 0.844 bits per heavy atom. The molecule has 0 N–H and O–H groups in total. The lowest BCUT2D eigenvalue weighted by Crippen LogP contribution is -2.31. The van der Waals surface area contributed by atoms with Crippen LogP contribution in [-0.2, 0) is 13.0 Å². The number of nitrogens with zero attached hydrogens (tertiary/aromatic N) is 1. The van der Waals surface area contributed by atoms with Crippen LogP contribution < -0.4 is 0 Å². The largest absolute Gasteiger partial charge is 0.299 e. The molecule has 0 radical (unpaired) electrons. The fraction of sp³-hybridized carbons (Fsp3) is 0.379. The maximum atomic E-state index is 13.4. The normalized spacial score (nSPS) is 14.8. The van der Waals surface area contributed by atoms with Crippen molar-refractivity contribution in [3.05, 3.63) is 101 Å². The van der Waals surface area contributed by atoms with Crippen molar-refractivity contribution in [3.63, 3.8) is 0 Å². The highest BCUT2D eigenvalue weighted by Gasteiger charge is 2.16. The highest BCUT2D eigenvalue weighted by atomic mass is 32.2. The van der Waals surface area contributed by atoms with Gasteiger partial charge in [-0.3, -0.25) is 4.90 Å². The smallest absolute Gasteiger partial charge is 0.123 e. The molecular formula is C29H34FNS. The van der Waals surface area contributed by atoms with Crippen molar-refractivity contribution in [2.75, 3.05) is 13.1 Å². The third kappa shape index (κ3) is 6.70. The molecular weight excluding hydrogens is 413 g/mol. The fourth-order valence-electron chi connectivity index (χ4n) is 4.52. The summed E-state index contributed by atoms with van der Waals surface area (Å²) < 4.78 is 13.4. The first-order valence-electron chi connectivity index (χ1n) is 12.0.